The smallest absolute Gasteiger partial charge is 0.480 e. The number of carboxylic acids is 4. The van der Waals surface area contributed by atoms with Crippen molar-refractivity contribution in [3.63, 3.8) is 0 Å². The topological polar surface area (TPSA) is 156 Å². The zero-order valence-corrected chi connectivity index (χ0v) is 15.7. The molecule has 0 bridgehead atoms. The van der Waals surface area contributed by atoms with Crippen molar-refractivity contribution in [1.29, 1.82) is 0 Å². The van der Waals surface area contributed by atoms with Gasteiger partial charge < -0.3 is 20.4 Å². The molecule has 25 heavy (non-hydrogen) atoms. The first-order valence-corrected chi connectivity index (χ1v) is 7.56. The molecule has 1 aliphatic carbocycles. The summed E-state index contributed by atoms with van der Waals surface area (Å²) in [5.41, 5.74) is 0. The monoisotopic (exact) mass is 541 g/mol. The zero-order chi connectivity index (χ0) is 18.3. The average Bonchev–Trinajstić information content (AvgIpc) is 2.44. The van der Waals surface area contributed by atoms with Crippen molar-refractivity contribution in [1.82, 2.24) is 9.80 Å². The van der Waals surface area contributed by atoms with Crippen molar-refractivity contribution >= 4 is 23.9 Å². The van der Waals surface area contributed by atoms with E-state index in [4.69, 9.17) is 20.4 Å². The summed E-state index contributed by atoms with van der Waals surface area (Å²) in [6.07, 6.45) is 2.46. The van der Waals surface area contributed by atoms with E-state index in [9.17, 15) is 19.2 Å². The molecule has 144 valence electrons. The number of aliphatic carboxylic acids is 4. The molecular weight excluding hydrogens is 519 g/mol. The van der Waals surface area contributed by atoms with Gasteiger partial charge in [0, 0.05) is 12.1 Å². The van der Waals surface area contributed by atoms with E-state index in [-0.39, 0.29) is 21.1 Å². The molecule has 0 amide bonds. The Balaban J connectivity index is 0.00000576. The van der Waals surface area contributed by atoms with E-state index in [1.807, 2.05) is 0 Å². The van der Waals surface area contributed by atoms with Crippen molar-refractivity contribution in [3.05, 3.63) is 0 Å². The Morgan fingerprint density at radius 1 is 0.640 bits per heavy atom. The van der Waals surface area contributed by atoms with E-state index in [2.05, 4.69) is 0 Å². The first kappa shape index (κ1) is 23.5. The first-order chi connectivity index (χ1) is 11.2. The summed E-state index contributed by atoms with van der Waals surface area (Å²) in [5.74, 6) is -4.76. The third-order valence-electron chi connectivity index (χ3n) is 3.99. The standard InChI is InChI=1S/C14H22N2O8.Pt/c17-11(18)5-15(6-12(19)20)9-3-1-2-4-10(9)16(7-13(21)22)8-14(23)24;/h9-10H,1-8H2,(H,17,18)(H,19,20)(H,21,22)(H,23,24);/q;+2. The Labute approximate surface area is 158 Å². The molecule has 0 aliphatic heterocycles. The summed E-state index contributed by atoms with van der Waals surface area (Å²) in [5, 5.41) is 36.0. The summed E-state index contributed by atoms with van der Waals surface area (Å²) in [6.45, 7) is -1.99. The maximum absolute atomic E-state index is 11.0. The molecule has 0 saturated heterocycles. The van der Waals surface area contributed by atoms with E-state index >= 15 is 0 Å². The van der Waals surface area contributed by atoms with Gasteiger partial charge in [0.05, 0.1) is 26.2 Å². The quantitative estimate of drug-likeness (QED) is 0.277. The van der Waals surface area contributed by atoms with Crippen LogP contribution in [0, 0.1) is 0 Å². The van der Waals surface area contributed by atoms with Crippen LogP contribution in [0.1, 0.15) is 25.7 Å². The molecule has 2 unspecified atom stereocenters. The van der Waals surface area contributed by atoms with Crippen LogP contribution in [0.15, 0.2) is 0 Å². The molecule has 1 rings (SSSR count). The van der Waals surface area contributed by atoms with Crippen LogP contribution < -0.4 is 0 Å². The van der Waals surface area contributed by atoms with Crippen molar-refractivity contribution in [2.24, 2.45) is 0 Å². The Morgan fingerprint density at radius 2 is 0.880 bits per heavy atom. The van der Waals surface area contributed by atoms with Crippen LogP contribution in [-0.4, -0.2) is 92.4 Å². The Morgan fingerprint density at radius 3 is 1.08 bits per heavy atom. The molecule has 0 heterocycles. The van der Waals surface area contributed by atoms with Crippen LogP contribution in [-0.2, 0) is 40.2 Å². The van der Waals surface area contributed by atoms with Gasteiger partial charge in [-0.05, 0) is 12.8 Å². The molecule has 4 N–H and O–H groups in total. The number of nitrogens with zero attached hydrogens (tertiary/aromatic N) is 2. The third kappa shape index (κ3) is 8.42. The van der Waals surface area contributed by atoms with Gasteiger partial charge in [0.25, 0.3) is 0 Å². The van der Waals surface area contributed by atoms with E-state index in [1.54, 1.807) is 0 Å². The minimum absolute atomic E-state index is 0. The van der Waals surface area contributed by atoms with Gasteiger partial charge in [0.2, 0.25) is 0 Å². The van der Waals surface area contributed by atoms with Crippen LogP contribution in [0.5, 0.6) is 0 Å². The van der Waals surface area contributed by atoms with Gasteiger partial charge in [-0.25, -0.2) is 0 Å². The molecule has 0 spiro atoms. The minimum Gasteiger partial charge on any atom is -0.480 e. The normalized spacial score (nSPS) is 20.1. The molecular formula is C14H22N2O8Pt+2. The van der Waals surface area contributed by atoms with E-state index in [0.29, 0.717) is 12.8 Å². The number of hydrogen-bond donors (Lipinski definition) is 4. The number of carboxylic acid groups (broad SMARTS) is 4. The predicted molar refractivity (Wildman–Crippen MR) is 79.7 cm³/mol. The van der Waals surface area contributed by atoms with E-state index < -0.39 is 62.1 Å². The molecule has 1 saturated carbocycles. The van der Waals surface area contributed by atoms with E-state index in [0.717, 1.165) is 12.8 Å². The van der Waals surface area contributed by atoms with Crippen molar-refractivity contribution in [3.8, 4) is 0 Å². The second-order valence-electron chi connectivity index (χ2n) is 5.80. The van der Waals surface area contributed by atoms with Crippen LogP contribution >= 0.6 is 0 Å². The average molecular weight is 541 g/mol. The Kier molecular flexibility index (Phi) is 10.5. The molecule has 10 nitrogen and oxygen atoms in total. The summed E-state index contributed by atoms with van der Waals surface area (Å²) >= 11 is 0. The molecule has 0 aromatic heterocycles. The third-order valence-corrected chi connectivity index (χ3v) is 3.99. The van der Waals surface area contributed by atoms with Crippen LogP contribution in [0.2, 0.25) is 0 Å². The van der Waals surface area contributed by atoms with Gasteiger partial charge >= 0.3 is 44.9 Å². The summed E-state index contributed by atoms with van der Waals surface area (Å²) in [7, 11) is 0. The van der Waals surface area contributed by atoms with Crippen LogP contribution in [0.4, 0.5) is 0 Å². The predicted octanol–water partition coefficient (Wildman–Crippen LogP) is -0.762. The van der Waals surface area contributed by atoms with Crippen LogP contribution in [0.3, 0.4) is 0 Å². The summed E-state index contributed by atoms with van der Waals surface area (Å²) < 4.78 is 0. The van der Waals surface area contributed by atoms with Crippen molar-refractivity contribution in [2.45, 2.75) is 37.8 Å². The second-order valence-corrected chi connectivity index (χ2v) is 5.80. The van der Waals surface area contributed by atoms with Gasteiger partial charge in [-0.2, -0.15) is 0 Å². The van der Waals surface area contributed by atoms with Gasteiger partial charge in [0.15, 0.2) is 0 Å². The molecule has 2 atom stereocenters. The first-order valence-electron chi connectivity index (χ1n) is 7.56. The molecule has 1 fully saturated rings. The van der Waals surface area contributed by atoms with Crippen LogP contribution in [0.25, 0.3) is 0 Å². The maximum Gasteiger partial charge on any atom is 2.00 e. The SMILES string of the molecule is O=C(O)CN(CC(=O)O)C1CCCCC1N(CC(=O)O)CC(=O)O.[Pt+2]. The van der Waals surface area contributed by atoms with Crippen molar-refractivity contribution < 1.29 is 60.7 Å². The number of carbonyl (C=O) groups is 4. The fourth-order valence-electron chi connectivity index (χ4n) is 3.22. The van der Waals surface area contributed by atoms with Gasteiger partial charge in [0.1, 0.15) is 0 Å². The molecule has 11 heteroatoms. The van der Waals surface area contributed by atoms with Gasteiger partial charge in [-0.1, -0.05) is 12.8 Å². The summed E-state index contributed by atoms with van der Waals surface area (Å²) in [6, 6.07) is -1.05. The zero-order valence-electron chi connectivity index (χ0n) is 13.4. The number of hydrogen-bond acceptors (Lipinski definition) is 6. The summed E-state index contributed by atoms with van der Waals surface area (Å²) in [4.78, 5) is 46.7. The van der Waals surface area contributed by atoms with Gasteiger partial charge in [-0.15, -0.1) is 0 Å². The minimum atomic E-state index is -1.19. The fourth-order valence-corrected chi connectivity index (χ4v) is 3.22. The Bertz CT molecular complexity index is 425. The molecule has 0 aromatic carbocycles. The second kappa shape index (κ2) is 11.2. The molecule has 0 aromatic rings. The molecule has 0 radical (unpaired) electrons. The Hall–Kier alpha value is -1.51. The maximum atomic E-state index is 11.0. The largest absolute Gasteiger partial charge is 2.00 e. The number of rotatable bonds is 10. The molecule has 1 aliphatic rings. The van der Waals surface area contributed by atoms with E-state index in [1.165, 1.54) is 9.80 Å². The van der Waals surface area contributed by atoms with Gasteiger partial charge in [-0.3, -0.25) is 29.0 Å². The van der Waals surface area contributed by atoms with Crippen molar-refractivity contribution in [2.75, 3.05) is 26.2 Å². The fraction of sp³-hybridized carbons (Fsp3) is 0.714.